The van der Waals surface area contributed by atoms with Crippen molar-refractivity contribution in [3.8, 4) is 11.1 Å². The Kier molecular flexibility index (Phi) is 5.26. The van der Waals surface area contributed by atoms with Crippen molar-refractivity contribution in [1.82, 2.24) is 0 Å². The third-order valence-corrected chi connectivity index (χ3v) is 3.69. The van der Waals surface area contributed by atoms with Crippen molar-refractivity contribution < 1.29 is 9.18 Å². The second kappa shape index (κ2) is 7.16. The first-order valence-corrected chi connectivity index (χ1v) is 7.57. The fraction of sp³-hybridized carbons (Fsp3) is 0.316. The lowest BCUT2D eigenvalue weighted by Gasteiger charge is -2.07. The summed E-state index contributed by atoms with van der Waals surface area (Å²) in [5, 5.41) is 0. The normalized spacial score (nSPS) is 10.6. The molecule has 0 N–H and O–H groups in total. The summed E-state index contributed by atoms with van der Waals surface area (Å²) in [6, 6.07) is 12.6. The van der Waals surface area contributed by atoms with Crippen molar-refractivity contribution in [3.63, 3.8) is 0 Å². The molecule has 0 saturated carbocycles. The van der Waals surface area contributed by atoms with Crippen LogP contribution in [0.5, 0.6) is 0 Å². The molecule has 0 heterocycles. The van der Waals surface area contributed by atoms with Gasteiger partial charge in [0.25, 0.3) is 0 Å². The van der Waals surface area contributed by atoms with E-state index in [2.05, 4.69) is 6.92 Å². The Morgan fingerprint density at radius 2 is 1.76 bits per heavy atom. The Morgan fingerprint density at radius 1 is 1.05 bits per heavy atom. The van der Waals surface area contributed by atoms with Gasteiger partial charge in [0.1, 0.15) is 5.82 Å². The summed E-state index contributed by atoms with van der Waals surface area (Å²) in [5.74, 6) is -0.0879. The van der Waals surface area contributed by atoms with Crippen molar-refractivity contribution in [1.29, 1.82) is 0 Å². The van der Waals surface area contributed by atoms with Crippen LogP contribution in [0.4, 0.5) is 4.39 Å². The van der Waals surface area contributed by atoms with E-state index < -0.39 is 0 Å². The molecule has 0 unspecified atom stereocenters. The van der Waals surface area contributed by atoms with E-state index in [-0.39, 0.29) is 11.6 Å². The van der Waals surface area contributed by atoms with Gasteiger partial charge in [0.15, 0.2) is 5.78 Å². The highest BCUT2D eigenvalue weighted by Crippen LogP contribution is 2.25. The van der Waals surface area contributed by atoms with Gasteiger partial charge in [0, 0.05) is 17.5 Å². The Balaban J connectivity index is 2.23. The quantitative estimate of drug-likeness (QED) is 0.646. The Hall–Kier alpha value is -1.96. The summed E-state index contributed by atoms with van der Waals surface area (Å²) in [7, 11) is 0. The number of hydrogen-bond donors (Lipinski definition) is 0. The maximum atomic E-state index is 14.2. The molecule has 110 valence electrons. The summed E-state index contributed by atoms with van der Waals surface area (Å²) >= 11 is 0. The largest absolute Gasteiger partial charge is 0.294 e. The molecular formula is C19H21FO. The first kappa shape index (κ1) is 15.4. The van der Waals surface area contributed by atoms with E-state index in [9.17, 15) is 9.18 Å². The average Bonchev–Trinajstić information content (AvgIpc) is 2.52. The number of aryl methyl sites for hydroxylation is 1. The van der Waals surface area contributed by atoms with Gasteiger partial charge in [-0.2, -0.15) is 0 Å². The van der Waals surface area contributed by atoms with E-state index in [1.807, 2.05) is 31.2 Å². The van der Waals surface area contributed by atoms with E-state index in [1.54, 1.807) is 18.2 Å². The predicted octanol–water partition coefficient (Wildman–Crippen LogP) is 5.43. The van der Waals surface area contributed by atoms with Gasteiger partial charge in [0.2, 0.25) is 0 Å². The molecule has 0 saturated heterocycles. The zero-order valence-electron chi connectivity index (χ0n) is 12.7. The topological polar surface area (TPSA) is 17.1 Å². The maximum Gasteiger partial charge on any atom is 0.162 e. The van der Waals surface area contributed by atoms with Gasteiger partial charge in [-0.25, -0.2) is 4.39 Å². The lowest BCUT2D eigenvalue weighted by atomic mass is 9.99. The van der Waals surface area contributed by atoms with E-state index in [1.165, 1.54) is 0 Å². The zero-order chi connectivity index (χ0) is 15.2. The molecule has 0 atom stereocenters. The van der Waals surface area contributed by atoms with Crippen LogP contribution in [0.3, 0.4) is 0 Å². The van der Waals surface area contributed by atoms with Crippen LogP contribution in [-0.4, -0.2) is 5.78 Å². The van der Waals surface area contributed by atoms with Gasteiger partial charge in [-0.05, 0) is 30.0 Å². The molecule has 2 aromatic rings. The molecule has 0 radical (unpaired) electrons. The monoisotopic (exact) mass is 284 g/mol. The third-order valence-electron chi connectivity index (χ3n) is 3.69. The van der Waals surface area contributed by atoms with Crippen LogP contribution >= 0.6 is 0 Å². The molecule has 0 aromatic heterocycles. The smallest absolute Gasteiger partial charge is 0.162 e. The van der Waals surface area contributed by atoms with Crippen molar-refractivity contribution in [2.75, 3.05) is 0 Å². The van der Waals surface area contributed by atoms with E-state index in [0.717, 1.165) is 30.4 Å². The first-order valence-electron chi connectivity index (χ1n) is 7.57. The van der Waals surface area contributed by atoms with E-state index in [4.69, 9.17) is 0 Å². The molecule has 21 heavy (non-hydrogen) atoms. The van der Waals surface area contributed by atoms with Crippen LogP contribution in [0.15, 0.2) is 42.5 Å². The molecule has 0 bridgehead atoms. The van der Waals surface area contributed by atoms with Gasteiger partial charge in [-0.15, -0.1) is 0 Å². The van der Waals surface area contributed by atoms with E-state index in [0.29, 0.717) is 17.5 Å². The van der Waals surface area contributed by atoms with Crippen LogP contribution in [0.1, 0.15) is 49.0 Å². The minimum absolute atomic E-state index is 0.108. The minimum atomic E-state index is -0.196. The van der Waals surface area contributed by atoms with Gasteiger partial charge in [-0.3, -0.25) is 4.79 Å². The molecule has 0 fully saturated rings. The molecule has 2 aromatic carbocycles. The molecule has 2 heteroatoms. The molecule has 0 spiro atoms. The molecule has 1 nitrogen and oxygen atoms in total. The molecule has 0 aliphatic heterocycles. The Morgan fingerprint density at radius 3 is 2.33 bits per heavy atom. The number of ketones is 1. The summed E-state index contributed by atoms with van der Waals surface area (Å²) < 4.78 is 14.2. The number of benzene rings is 2. The van der Waals surface area contributed by atoms with Gasteiger partial charge in [0.05, 0.1) is 0 Å². The number of unbranched alkanes of at least 4 members (excludes halogenated alkanes) is 1. The Bertz CT molecular complexity index is 614. The van der Waals surface area contributed by atoms with Crippen LogP contribution in [-0.2, 0) is 6.42 Å². The molecular weight excluding hydrogens is 263 g/mol. The number of carbonyl (C=O) groups is 1. The molecule has 2 rings (SSSR count). The number of halogens is 1. The van der Waals surface area contributed by atoms with Crippen molar-refractivity contribution in [2.45, 2.75) is 39.5 Å². The lowest BCUT2D eigenvalue weighted by Crippen LogP contribution is -1.96. The van der Waals surface area contributed by atoms with E-state index >= 15 is 0 Å². The maximum absolute atomic E-state index is 14.2. The fourth-order valence-electron chi connectivity index (χ4n) is 2.37. The number of Topliss-reactive ketones (excluding diaryl/α,β-unsaturated/α-hetero) is 1. The lowest BCUT2D eigenvalue weighted by molar-refractivity contribution is 0.0988. The fourth-order valence-corrected chi connectivity index (χ4v) is 2.37. The van der Waals surface area contributed by atoms with Gasteiger partial charge in [-0.1, -0.05) is 56.7 Å². The van der Waals surface area contributed by atoms with Crippen molar-refractivity contribution in [2.24, 2.45) is 0 Å². The summed E-state index contributed by atoms with van der Waals surface area (Å²) in [6.45, 7) is 3.97. The highest BCUT2D eigenvalue weighted by Gasteiger charge is 2.08. The highest BCUT2D eigenvalue weighted by atomic mass is 19.1. The van der Waals surface area contributed by atoms with Crippen LogP contribution < -0.4 is 0 Å². The van der Waals surface area contributed by atoms with Crippen molar-refractivity contribution in [3.05, 3.63) is 59.4 Å². The van der Waals surface area contributed by atoms with Crippen molar-refractivity contribution >= 4 is 5.78 Å². The summed E-state index contributed by atoms with van der Waals surface area (Å²) in [4.78, 5) is 11.6. The zero-order valence-corrected chi connectivity index (χ0v) is 12.7. The van der Waals surface area contributed by atoms with Gasteiger partial charge < -0.3 is 0 Å². The standard InChI is InChI=1S/C19H21FO/c1-3-5-6-14-7-12-17(18(20)13-14)15-8-10-16(11-9-15)19(21)4-2/h7-13H,3-6H2,1-2H3. The molecule has 0 aliphatic carbocycles. The second-order valence-electron chi connectivity index (χ2n) is 5.27. The van der Waals surface area contributed by atoms with Crippen LogP contribution in [0.2, 0.25) is 0 Å². The Labute approximate surface area is 125 Å². The highest BCUT2D eigenvalue weighted by molar-refractivity contribution is 5.96. The number of hydrogen-bond acceptors (Lipinski definition) is 1. The predicted molar refractivity (Wildman–Crippen MR) is 85.1 cm³/mol. The van der Waals surface area contributed by atoms with Crippen LogP contribution in [0, 0.1) is 5.82 Å². The molecule has 0 amide bonds. The average molecular weight is 284 g/mol. The SMILES string of the molecule is CCCCc1ccc(-c2ccc(C(=O)CC)cc2)c(F)c1. The number of rotatable bonds is 6. The second-order valence-corrected chi connectivity index (χ2v) is 5.27. The van der Waals surface area contributed by atoms with Crippen LogP contribution in [0.25, 0.3) is 11.1 Å². The minimum Gasteiger partial charge on any atom is -0.294 e. The third kappa shape index (κ3) is 3.78. The summed E-state index contributed by atoms with van der Waals surface area (Å²) in [6.07, 6.45) is 3.58. The molecule has 0 aliphatic rings. The summed E-state index contributed by atoms with van der Waals surface area (Å²) in [5.41, 5.74) is 3.12. The first-order chi connectivity index (χ1) is 10.2. The van der Waals surface area contributed by atoms with Gasteiger partial charge >= 0.3 is 0 Å². The number of carbonyl (C=O) groups excluding carboxylic acids is 1.